The summed E-state index contributed by atoms with van der Waals surface area (Å²) in [5, 5.41) is 0. The lowest BCUT2D eigenvalue weighted by Crippen LogP contribution is -2.17. The van der Waals surface area contributed by atoms with Gasteiger partial charge in [-0.3, -0.25) is 4.79 Å². The Balaban J connectivity index is 2.72. The first-order valence-electron chi connectivity index (χ1n) is 2.65. The molecule has 0 aromatic rings. The van der Waals surface area contributed by atoms with Crippen LogP contribution in [0.15, 0.2) is 11.8 Å². The smallest absolute Gasteiger partial charge is 0.230 e. The molecule has 0 N–H and O–H groups in total. The van der Waals surface area contributed by atoms with Crippen molar-refractivity contribution in [2.45, 2.75) is 13.3 Å². The SMILES string of the molecule is CC1=CCC(=O)N1C. The Morgan fingerprint density at radius 2 is 2.38 bits per heavy atom. The van der Waals surface area contributed by atoms with Crippen LogP contribution < -0.4 is 0 Å². The van der Waals surface area contributed by atoms with Crippen molar-refractivity contribution in [3.05, 3.63) is 11.8 Å². The van der Waals surface area contributed by atoms with Gasteiger partial charge < -0.3 is 4.90 Å². The van der Waals surface area contributed by atoms with Crippen molar-refractivity contribution in [3.63, 3.8) is 0 Å². The molecule has 0 saturated heterocycles. The summed E-state index contributed by atoms with van der Waals surface area (Å²) in [4.78, 5) is 12.3. The van der Waals surface area contributed by atoms with Crippen LogP contribution in [0.3, 0.4) is 0 Å². The summed E-state index contributed by atoms with van der Waals surface area (Å²) in [6.45, 7) is 1.94. The molecular formula is C6H9NO. The average Bonchev–Trinajstić information content (AvgIpc) is 1.98. The van der Waals surface area contributed by atoms with Crippen molar-refractivity contribution in [1.29, 1.82) is 0 Å². The number of carbonyl (C=O) groups is 1. The highest BCUT2D eigenvalue weighted by molar-refractivity contribution is 5.82. The van der Waals surface area contributed by atoms with E-state index in [0.717, 1.165) is 5.70 Å². The van der Waals surface area contributed by atoms with Gasteiger partial charge in [0.1, 0.15) is 0 Å². The second kappa shape index (κ2) is 1.62. The predicted molar refractivity (Wildman–Crippen MR) is 31.1 cm³/mol. The number of rotatable bonds is 0. The lowest BCUT2D eigenvalue weighted by atomic mass is 10.4. The summed E-state index contributed by atoms with van der Waals surface area (Å²) in [5.41, 5.74) is 1.06. The Morgan fingerprint density at radius 1 is 1.75 bits per heavy atom. The first-order chi connectivity index (χ1) is 3.72. The molecule has 0 atom stereocenters. The third kappa shape index (κ3) is 0.619. The molecule has 2 nitrogen and oxygen atoms in total. The van der Waals surface area contributed by atoms with Crippen molar-refractivity contribution in [2.75, 3.05) is 7.05 Å². The van der Waals surface area contributed by atoms with Gasteiger partial charge >= 0.3 is 0 Å². The Kier molecular flexibility index (Phi) is 1.08. The zero-order valence-corrected chi connectivity index (χ0v) is 5.14. The van der Waals surface area contributed by atoms with Crippen molar-refractivity contribution < 1.29 is 4.79 Å². The van der Waals surface area contributed by atoms with Crippen LogP contribution in [0.5, 0.6) is 0 Å². The van der Waals surface area contributed by atoms with E-state index >= 15 is 0 Å². The number of amides is 1. The Bertz CT molecular complexity index is 149. The fourth-order valence-corrected chi connectivity index (χ4v) is 0.706. The number of hydrogen-bond donors (Lipinski definition) is 0. The van der Waals surface area contributed by atoms with E-state index < -0.39 is 0 Å². The number of nitrogens with zero attached hydrogens (tertiary/aromatic N) is 1. The number of allylic oxidation sites excluding steroid dienone is 1. The lowest BCUT2D eigenvalue weighted by molar-refractivity contribution is -0.126. The zero-order valence-electron chi connectivity index (χ0n) is 5.14. The lowest BCUT2D eigenvalue weighted by Gasteiger charge is -2.08. The molecule has 0 aliphatic carbocycles. The quantitative estimate of drug-likeness (QED) is 0.451. The van der Waals surface area contributed by atoms with E-state index in [0.29, 0.717) is 6.42 Å². The Morgan fingerprint density at radius 3 is 2.50 bits per heavy atom. The van der Waals surface area contributed by atoms with Gasteiger partial charge in [-0.1, -0.05) is 6.08 Å². The third-order valence-corrected chi connectivity index (χ3v) is 1.48. The fraction of sp³-hybridized carbons (Fsp3) is 0.500. The molecule has 0 aromatic heterocycles. The minimum absolute atomic E-state index is 0.197. The largest absolute Gasteiger partial charge is 0.320 e. The monoisotopic (exact) mass is 111 g/mol. The normalized spacial score (nSPS) is 19.5. The van der Waals surface area contributed by atoms with Gasteiger partial charge in [0, 0.05) is 19.2 Å². The van der Waals surface area contributed by atoms with Gasteiger partial charge in [-0.05, 0) is 6.92 Å². The highest BCUT2D eigenvalue weighted by atomic mass is 16.2. The second-order valence-corrected chi connectivity index (χ2v) is 2.00. The van der Waals surface area contributed by atoms with Gasteiger partial charge in [-0.25, -0.2) is 0 Å². The van der Waals surface area contributed by atoms with Crippen LogP contribution in [0.25, 0.3) is 0 Å². The van der Waals surface area contributed by atoms with Crippen molar-refractivity contribution in [3.8, 4) is 0 Å². The van der Waals surface area contributed by atoms with E-state index in [1.165, 1.54) is 0 Å². The standard InChI is InChI=1S/C6H9NO/c1-5-3-4-6(8)7(5)2/h3H,4H2,1-2H3. The van der Waals surface area contributed by atoms with Crippen LogP contribution >= 0.6 is 0 Å². The van der Waals surface area contributed by atoms with Crippen LogP contribution in [0, 0.1) is 0 Å². The predicted octanol–water partition coefficient (Wildman–Crippen LogP) is 0.752. The van der Waals surface area contributed by atoms with Gasteiger partial charge in [0.25, 0.3) is 0 Å². The molecule has 0 spiro atoms. The molecule has 2 heteroatoms. The highest BCUT2D eigenvalue weighted by Gasteiger charge is 2.14. The maximum absolute atomic E-state index is 10.7. The molecule has 1 aliphatic heterocycles. The minimum atomic E-state index is 0.197. The first kappa shape index (κ1) is 5.35. The van der Waals surface area contributed by atoms with E-state index in [-0.39, 0.29) is 5.91 Å². The van der Waals surface area contributed by atoms with Crippen molar-refractivity contribution in [2.24, 2.45) is 0 Å². The van der Waals surface area contributed by atoms with Gasteiger partial charge in [0.05, 0.1) is 0 Å². The summed E-state index contributed by atoms with van der Waals surface area (Å²) in [6.07, 6.45) is 2.52. The molecular weight excluding hydrogens is 102 g/mol. The van der Waals surface area contributed by atoms with E-state index in [1.54, 1.807) is 11.9 Å². The van der Waals surface area contributed by atoms with Gasteiger partial charge in [-0.15, -0.1) is 0 Å². The van der Waals surface area contributed by atoms with Crippen LogP contribution in [0.4, 0.5) is 0 Å². The Labute approximate surface area is 48.8 Å². The van der Waals surface area contributed by atoms with Crippen LogP contribution in [0.1, 0.15) is 13.3 Å². The van der Waals surface area contributed by atoms with Gasteiger partial charge in [-0.2, -0.15) is 0 Å². The van der Waals surface area contributed by atoms with E-state index in [4.69, 9.17) is 0 Å². The number of hydrogen-bond acceptors (Lipinski definition) is 1. The maximum Gasteiger partial charge on any atom is 0.230 e. The molecule has 8 heavy (non-hydrogen) atoms. The fourth-order valence-electron chi connectivity index (χ4n) is 0.706. The topological polar surface area (TPSA) is 20.3 Å². The summed E-state index contributed by atoms with van der Waals surface area (Å²) in [7, 11) is 1.79. The molecule has 0 saturated carbocycles. The summed E-state index contributed by atoms with van der Waals surface area (Å²) < 4.78 is 0. The summed E-state index contributed by atoms with van der Waals surface area (Å²) in [5.74, 6) is 0.197. The Hall–Kier alpha value is -0.790. The van der Waals surface area contributed by atoms with Crippen molar-refractivity contribution in [1.82, 2.24) is 4.90 Å². The van der Waals surface area contributed by atoms with Crippen LogP contribution in [0.2, 0.25) is 0 Å². The first-order valence-corrected chi connectivity index (χ1v) is 2.65. The summed E-state index contributed by atoms with van der Waals surface area (Å²) >= 11 is 0. The molecule has 0 radical (unpaired) electrons. The zero-order chi connectivity index (χ0) is 6.15. The maximum atomic E-state index is 10.7. The molecule has 1 amide bonds. The molecule has 0 fully saturated rings. The third-order valence-electron chi connectivity index (χ3n) is 1.48. The van der Waals surface area contributed by atoms with E-state index in [2.05, 4.69) is 0 Å². The molecule has 0 unspecified atom stereocenters. The highest BCUT2D eigenvalue weighted by Crippen LogP contribution is 2.11. The molecule has 0 aromatic carbocycles. The van der Waals surface area contributed by atoms with Crippen LogP contribution in [-0.4, -0.2) is 17.9 Å². The molecule has 1 rings (SSSR count). The van der Waals surface area contributed by atoms with Gasteiger partial charge in [0.15, 0.2) is 0 Å². The van der Waals surface area contributed by atoms with E-state index in [1.807, 2.05) is 13.0 Å². The second-order valence-electron chi connectivity index (χ2n) is 2.00. The molecule has 1 heterocycles. The van der Waals surface area contributed by atoms with Crippen molar-refractivity contribution >= 4 is 5.91 Å². The van der Waals surface area contributed by atoms with Gasteiger partial charge in [0.2, 0.25) is 5.91 Å². The molecule has 0 bridgehead atoms. The minimum Gasteiger partial charge on any atom is -0.320 e. The van der Waals surface area contributed by atoms with Crippen LogP contribution in [-0.2, 0) is 4.79 Å². The number of carbonyl (C=O) groups excluding carboxylic acids is 1. The molecule has 44 valence electrons. The van der Waals surface area contributed by atoms with E-state index in [9.17, 15) is 4.79 Å². The average molecular weight is 111 g/mol. The molecule has 1 aliphatic rings. The summed E-state index contributed by atoms with van der Waals surface area (Å²) in [6, 6.07) is 0.